The maximum Gasteiger partial charge on any atom is 0.319 e. The smallest absolute Gasteiger partial charge is 0.319 e. The first-order valence-electron chi connectivity index (χ1n) is 8.78. The lowest BCUT2D eigenvalue weighted by molar-refractivity contribution is 0.0591. The summed E-state index contributed by atoms with van der Waals surface area (Å²) < 4.78 is 1.15. The van der Waals surface area contributed by atoms with Gasteiger partial charge in [0.05, 0.1) is 4.88 Å². The fraction of sp³-hybridized carbons (Fsp3) is 0.474. The molecule has 3 fully saturated rings. The number of fused-ring (bicyclic) bond motifs is 5. The zero-order valence-corrected chi connectivity index (χ0v) is 15.5. The third-order valence-electron chi connectivity index (χ3n) is 5.26. The van der Waals surface area contributed by atoms with Crippen LogP contribution >= 0.6 is 11.3 Å². The van der Waals surface area contributed by atoms with Gasteiger partial charge in [-0.15, -0.1) is 11.3 Å². The summed E-state index contributed by atoms with van der Waals surface area (Å²) in [7, 11) is 3.57. The monoisotopic (exact) mass is 357 g/mol. The molecule has 5 nitrogen and oxygen atoms in total. The van der Waals surface area contributed by atoms with E-state index in [0.717, 1.165) is 40.9 Å². The number of urea groups is 1. The number of piperidine rings is 1. The van der Waals surface area contributed by atoms with Crippen LogP contribution in [0.2, 0.25) is 0 Å². The Morgan fingerprint density at radius 1 is 1.12 bits per heavy atom. The normalized spacial score (nSPS) is 23.0. The van der Waals surface area contributed by atoms with E-state index in [9.17, 15) is 9.59 Å². The summed E-state index contributed by atoms with van der Waals surface area (Å²) in [5.41, 5.74) is 0. The van der Waals surface area contributed by atoms with Crippen molar-refractivity contribution in [2.45, 2.75) is 18.9 Å². The molecule has 1 aromatic heterocycles. The lowest BCUT2D eigenvalue weighted by Gasteiger charge is -2.35. The Morgan fingerprint density at radius 2 is 1.92 bits per heavy atom. The average Bonchev–Trinajstić information content (AvgIpc) is 2.83. The molecule has 0 aliphatic carbocycles. The van der Waals surface area contributed by atoms with Crippen LogP contribution in [-0.4, -0.2) is 66.4 Å². The van der Waals surface area contributed by atoms with Crippen molar-refractivity contribution >= 4 is 33.4 Å². The van der Waals surface area contributed by atoms with Crippen molar-refractivity contribution in [3.05, 3.63) is 35.2 Å². The first-order chi connectivity index (χ1) is 12.0. The largest absolute Gasteiger partial charge is 0.333 e. The van der Waals surface area contributed by atoms with Crippen molar-refractivity contribution in [2.24, 2.45) is 5.92 Å². The summed E-state index contributed by atoms with van der Waals surface area (Å²) in [4.78, 5) is 31.9. The molecular weight excluding hydrogens is 334 g/mol. The van der Waals surface area contributed by atoms with Crippen LogP contribution in [0.25, 0.3) is 10.1 Å². The molecule has 0 radical (unpaired) electrons. The van der Waals surface area contributed by atoms with E-state index in [4.69, 9.17) is 0 Å². The third kappa shape index (κ3) is 2.99. The minimum Gasteiger partial charge on any atom is -0.333 e. The highest BCUT2D eigenvalue weighted by Gasteiger charge is 2.39. The summed E-state index contributed by atoms with van der Waals surface area (Å²) in [6.45, 7) is 2.16. The Balaban J connectivity index is 1.58. The van der Waals surface area contributed by atoms with Crippen LogP contribution in [0.15, 0.2) is 30.3 Å². The second-order valence-electron chi connectivity index (χ2n) is 7.29. The molecule has 3 amide bonds. The van der Waals surface area contributed by atoms with Gasteiger partial charge in [-0.1, -0.05) is 18.2 Å². The van der Waals surface area contributed by atoms with Crippen LogP contribution < -0.4 is 0 Å². The van der Waals surface area contributed by atoms with E-state index in [0.29, 0.717) is 12.5 Å². The fourth-order valence-corrected chi connectivity index (χ4v) is 5.02. The van der Waals surface area contributed by atoms with Gasteiger partial charge in [0, 0.05) is 44.5 Å². The summed E-state index contributed by atoms with van der Waals surface area (Å²) in [5, 5.41) is 1.13. The Bertz CT molecular complexity index is 783. The Hall–Kier alpha value is -2.08. The lowest BCUT2D eigenvalue weighted by Crippen LogP contribution is -2.48. The fourth-order valence-electron chi connectivity index (χ4n) is 4.00. The van der Waals surface area contributed by atoms with Crippen molar-refractivity contribution in [3.63, 3.8) is 0 Å². The third-order valence-corrected chi connectivity index (χ3v) is 6.37. The van der Waals surface area contributed by atoms with Gasteiger partial charge in [0.25, 0.3) is 5.91 Å². The molecule has 1 aromatic carbocycles. The highest BCUT2D eigenvalue weighted by Crippen LogP contribution is 2.32. The Kier molecular flexibility index (Phi) is 4.15. The van der Waals surface area contributed by atoms with E-state index in [-0.39, 0.29) is 18.0 Å². The number of benzene rings is 1. The van der Waals surface area contributed by atoms with Gasteiger partial charge in [0.15, 0.2) is 0 Å². The molecular formula is C19H23N3O2S. The first-order valence-corrected chi connectivity index (χ1v) is 9.60. The number of hydrogen-bond donors (Lipinski definition) is 0. The first kappa shape index (κ1) is 16.4. The predicted molar refractivity (Wildman–Crippen MR) is 100 cm³/mol. The number of amides is 3. The summed E-state index contributed by atoms with van der Waals surface area (Å²) in [6, 6.07) is 10.3. The van der Waals surface area contributed by atoms with Crippen molar-refractivity contribution in [3.8, 4) is 0 Å². The van der Waals surface area contributed by atoms with E-state index in [2.05, 4.69) is 12.1 Å². The number of hydrogen-bond acceptors (Lipinski definition) is 3. The average molecular weight is 357 g/mol. The van der Waals surface area contributed by atoms with Gasteiger partial charge >= 0.3 is 6.03 Å². The molecule has 25 heavy (non-hydrogen) atoms. The van der Waals surface area contributed by atoms with Crippen molar-refractivity contribution in [1.82, 2.24) is 14.7 Å². The molecule has 0 N–H and O–H groups in total. The van der Waals surface area contributed by atoms with Crippen LogP contribution in [0.1, 0.15) is 22.5 Å². The zero-order valence-electron chi connectivity index (χ0n) is 14.6. The topological polar surface area (TPSA) is 43.9 Å². The van der Waals surface area contributed by atoms with E-state index in [1.54, 1.807) is 30.3 Å². The lowest BCUT2D eigenvalue weighted by atomic mass is 9.95. The second kappa shape index (κ2) is 6.33. The SMILES string of the molecule is CN(C)C(=O)N1C[C@@H]2CC[C@H](C1)N(C(=O)c1cc3ccccc3s1)C2. The van der Waals surface area contributed by atoms with Gasteiger partial charge in [-0.2, -0.15) is 0 Å². The van der Waals surface area contributed by atoms with Crippen LogP contribution in [0, 0.1) is 5.92 Å². The second-order valence-corrected chi connectivity index (χ2v) is 8.37. The molecule has 3 saturated heterocycles. The molecule has 2 atom stereocenters. The van der Waals surface area contributed by atoms with Crippen molar-refractivity contribution in [1.29, 1.82) is 0 Å². The van der Waals surface area contributed by atoms with Gasteiger partial charge in [-0.25, -0.2) is 4.79 Å². The van der Waals surface area contributed by atoms with Gasteiger partial charge in [-0.3, -0.25) is 4.79 Å². The van der Waals surface area contributed by atoms with E-state index in [1.165, 1.54) is 0 Å². The maximum atomic E-state index is 13.1. The number of rotatable bonds is 1. The van der Waals surface area contributed by atoms with Gasteiger partial charge in [0.2, 0.25) is 0 Å². The standard InChI is InChI=1S/C19H23N3O2S/c1-20(2)19(24)21-10-13-7-8-15(12-21)22(11-13)18(23)17-9-14-5-3-4-6-16(14)25-17/h3-6,9,13,15H,7-8,10-12H2,1-2H3/t13-,15+/m0/s1. The highest BCUT2D eigenvalue weighted by atomic mass is 32.1. The van der Waals surface area contributed by atoms with E-state index in [1.807, 2.05) is 28.0 Å². The van der Waals surface area contributed by atoms with Crippen LogP contribution in [-0.2, 0) is 0 Å². The van der Waals surface area contributed by atoms with Crippen LogP contribution in [0.4, 0.5) is 4.79 Å². The molecule has 0 saturated carbocycles. The minimum absolute atomic E-state index is 0.0491. The Labute approximate surface area is 151 Å². The molecule has 0 unspecified atom stereocenters. The van der Waals surface area contributed by atoms with Crippen molar-refractivity contribution < 1.29 is 9.59 Å². The predicted octanol–water partition coefficient (Wildman–Crippen LogP) is 3.12. The summed E-state index contributed by atoms with van der Waals surface area (Å²) in [5.74, 6) is 0.496. The molecule has 3 aliphatic heterocycles. The van der Waals surface area contributed by atoms with Gasteiger partial charge in [-0.05, 0) is 36.3 Å². The van der Waals surface area contributed by atoms with Gasteiger partial charge in [0.1, 0.15) is 0 Å². The van der Waals surface area contributed by atoms with Gasteiger partial charge < -0.3 is 14.7 Å². The number of carbonyl (C=O) groups is 2. The number of thiophene rings is 1. The molecule has 132 valence electrons. The van der Waals surface area contributed by atoms with E-state index < -0.39 is 0 Å². The minimum atomic E-state index is 0.0491. The molecule has 3 aliphatic rings. The van der Waals surface area contributed by atoms with Crippen LogP contribution in [0.5, 0.6) is 0 Å². The molecule has 4 heterocycles. The van der Waals surface area contributed by atoms with E-state index >= 15 is 0 Å². The maximum absolute atomic E-state index is 13.1. The number of nitrogens with zero attached hydrogens (tertiary/aromatic N) is 3. The molecule has 5 rings (SSSR count). The molecule has 2 aromatic rings. The number of carbonyl (C=O) groups excluding carboxylic acids is 2. The zero-order chi connectivity index (χ0) is 17.6. The summed E-state index contributed by atoms with van der Waals surface area (Å²) >= 11 is 1.57. The highest BCUT2D eigenvalue weighted by molar-refractivity contribution is 7.20. The molecule has 0 spiro atoms. The molecule has 2 bridgehead atoms. The molecule has 6 heteroatoms. The van der Waals surface area contributed by atoms with Crippen LogP contribution in [0.3, 0.4) is 0 Å². The Morgan fingerprint density at radius 3 is 2.68 bits per heavy atom. The van der Waals surface area contributed by atoms with Crippen molar-refractivity contribution in [2.75, 3.05) is 33.7 Å². The quantitative estimate of drug-likeness (QED) is 0.787. The summed E-state index contributed by atoms with van der Waals surface area (Å²) in [6.07, 6.45) is 2.08.